The van der Waals surface area contributed by atoms with Gasteiger partial charge in [-0.05, 0) is 20.3 Å². The van der Waals surface area contributed by atoms with Gasteiger partial charge in [0.05, 0.1) is 13.1 Å². The summed E-state index contributed by atoms with van der Waals surface area (Å²) in [7, 11) is 0. The third-order valence-corrected chi connectivity index (χ3v) is 5.10. The number of rotatable bonds is 8. The zero-order valence-electron chi connectivity index (χ0n) is 17.1. The second-order valence-corrected chi connectivity index (χ2v) is 7.69. The zero-order chi connectivity index (χ0) is 19.9. The van der Waals surface area contributed by atoms with Gasteiger partial charge in [0.2, 0.25) is 17.6 Å². The molecule has 1 fully saturated rings. The van der Waals surface area contributed by atoms with Gasteiger partial charge in [-0.3, -0.25) is 14.6 Å². The molecule has 1 atom stereocenters. The molecule has 7 nitrogen and oxygen atoms in total. The van der Waals surface area contributed by atoms with Crippen molar-refractivity contribution in [2.24, 2.45) is 0 Å². The van der Waals surface area contributed by atoms with E-state index < -0.39 is 0 Å². The summed E-state index contributed by atoms with van der Waals surface area (Å²) in [6.45, 7) is 10.9. The minimum Gasteiger partial charge on any atom is -0.353 e. The maximum absolute atomic E-state index is 12.1. The van der Waals surface area contributed by atoms with E-state index >= 15 is 0 Å². The highest BCUT2D eigenvalue weighted by atomic mass is 16.5. The lowest BCUT2D eigenvalue weighted by Crippen LogP contribution is -2.50. The van der Waals surface area contributed by atoms with Crippen molar-refractivity contribution in [3.63, 3.8) is 0 Å². The van der Waals surface area contributed by atoms with Crippen LogP contribution in [0.15, 0.2) is 28.8 Å². The van der Waals surface area contributed by atoms with Gasteiger partial charge >= 0.3 is 0 Å². The summed E-state index contributed by atoms with van der Waals surface area (Å²) in [6, 6.07) is 8.36. The summed E-state index contributed by atoms with van der Waals surface area (Å²) >= 11 is 0. The molecule has 3 rings (SSSR count). The van der Waals surface area contributed by atoms with Crippen LogP contribution in [-0.4, -0.2) is 64.6 Å². The van der Waals surface area contributed by atoms with Gasteiger partial charge in [-0.15, -0.1) is 0 Å². The van der Waals surface area contributed by atoms with Gasteiger partial charge < -0.3 is 9.84 Å². The zero-order valence-corrected chi connectivity index (χ0v) is 17.1. The molecular formula is C21H31N5O2. The third-order valence-electron chi connectivity index (χ3n) is 5.10. The van der Waals surface area contributed by atoms with Gasteiger partial charge in [0.25, 0.3) is 0 Å². The number of hydrogen-bond donors (Lipinski definition) is 1. The minimum atomic E-state index is 0.119. The predicted molar refractivity (Wildman–Crippen MR) is 109 cm³/mol. The van der Waals surface area contributed by atoms with E-state index in [1.165, 1.54) is 5.56 Å². The highest BCUT2D eigenvalue weighted by Crippen LogP contribution is 2.17. The molecule has 1 amide bonds. The van der Waals surface area contributed by atoms with Crippen LogP contribution >= 0.6 is 0 Å². The van der Waals surface area contributed by atoms with Gasteiger partial charge in [-0.25, -0.2) is 0 Å². The Hall–Kier alpha value is -2.25. The monoisotopic (exact) mass is 385 g/mol. The van der Waals surface area contributed by atoms with Crippen LogP contribution in [0.1, 0.15) is 38.1 Å². The van der Waals surface area contributed by atoms with Crippen molar-refractivity contribution in [1.29, 1.82) is 0 Å². The molecular weight excluding hydrogens is 354 g/mol. The molecule has 0 bridgehead atoms. The molecule has 1 aliphatic heterocycles. The average molecular weight is 386 g/mol. The maximum Gasteiger partial charge on any atom is 0.241 e. The molecule has 2 aromatic rings. The van der Waals surface area contributed by atoms with Crippen LogP contribution in [0.5, 0.6) is 0 Å². The SMILES string of the molecule is CCCC(C)NC(=O)CN1CCN(Cc2nc(-c3ccc(C)cc3)no2)CC1. The van der Waals surface area contributed by atoms with E-state index in [1.807, 2.05) is 24.3 Å². The van der Waals surface area contributed by atoms with E-state index in [4.69, 9.17) is 4.52 Å². The van der Waals surface area contributed by atoms with E-state index in [1.54, 1.807) is 0 Å². The minimum absolute atomic E-state index is 0.119. The fourth-order valence-electron chi connectivity index (χ4n) is 3.46. The number of carbonyl (C=O) groups is 1. The predicted octanol–water partition coefficient (Wildman–Crippen LogP) is 2.47. The summed E-state index contributed by atoms with van der Waals surface area (Å²) in [6.07, 6.45) is 2.11. The molecule has 0 spiro atoms. The molecule has 2 heterocycles. The van der Waals surface area contributed by atoms with E-state index in [0.29, 0.717) is 24.8 Å². The Morgan fingerprint density at radius 2 is 1.86 bits per heavy atom. The van der Waals surface area contributed by atoms with E-state index in [0.717, 1.165) is 44.6 Å². The number of amides is 1. The van der Waals surface area contributed by atoms with Crippen molar-refractivity contribution in [1.82, 2.24) is 25.3 Å². The first-order chi connectivity index (χ1) is 13.5. The molecule has 1 aromatic heterocycles. The first-order valence-corrected chi connectivity index (χ1v) is 10.2. The van der Waals surface area contributed by atoms with Crippen molar-refractivity contribution in [3.05, 3.63) is 35.7 Å². The molecule has 0 aliphatic carbocycles. The molecule has 1 unspecified atom stereocenters. The lowest BCUT2D eigenvalue weighted by atomic mass is 10.1. The van der Waals surface area contributed by atoms with Gasteiger partial charge in [0.1, 0.15) is 0 Å². The summed E-state index contributed by atoms with van der Waals surface area (Å²) in [4.78, 5) is 21.1. The number of carbonyl (C=O) groups excluding carboxylic acids is 1. The first-order valence-electron chi connectivity index (χ1n) is 10.2. The van der Waals surface area contributed by atoms with E-state index in [9.17, 15) is 4.79 Å². The fourth-order valence-corrected chi connectivity index (χ4v) is 3.46. The van der Waals surface area contributed by atoms with Crippen molar-refractivity contribution in [3.8, 4) is 11.4 Å². The normalized spacial score (nSPS) is 16.8. The summed E-state index contributed by atoms with van der Waals surface area (Å²) < 4.78 is 5.43. The molecule has 7 heteroatoms. The summed E-state index contributed by atoms with van der Waals surface area (Å²) in [5.74, 6) is 1.38. The molecule has 28 heavy (non-hydrogen) atoms. The van der Waals surface area contributed by atoms with Crippen LogP contribution in [-0.2, 0) is 11.3 Å². The average Bonchev–Trinajstić information content (AvgIpc) is 3.12. The molecule has 1 N–H and O–H groups in total. The second kappa shape index (κ2) is 9.80. The van der Waals surface area contributed by atoms with Crippen LogP contribution in [0.2, 0.25) is 0 Å². The van der Waals surface area contributed by atoms with Crippen molar-refractivity contribution >= 4 is 5.91 Å². The Morgan fingerprint density at radius 3 is 2.54 bits per heavy atom. The fraction of sp³-hybridized carbons (Fsp3) is 0.571. The first kappa shape index (κ1) is 20.5. The highest BCUT2D eigenvalue weighted by Gasteiger charge is 2.21. The van der Waals surface area contributed by atoms with Crippen LogP contribution in [0.4, 0.5) is 0 Å². The molecule has 0 radical (unpaired) electrons. The highest BCUT2D eigenvalue weighted by molar-refractivity contribution is 5.78. The molecule has 1 aliphatic rings. The third kappa shape index (κ3) is 5.87. The Balaban J connectivity index is 1.43. The number of nitrogens with zero attached hydrogens (tertiary/aromatic N) is 4. The number of nitrogens with one attached hydrogen (secondary N) is 1. The van der Waals surface area contributed by atoms with E-state index in [2.05, 4.69) is 46.0 Å². The Labute approximate surface area is 167 Å². The van der Waals surface area contributed by atoms with Crippen molar-refractivity contribution in [2.75, 3.05) is 32.7 Å². The van der Waals surface area contributed by atoms with Crippen molar-refractivity contribution in [2.45, 2.75) is 46.2 Å². The second-order valence-electron chi connectivity index (χ2n) is 7.69. The number of benzene rings is 1. The Morgan fingerprint density at radius 1 is 1.18 bits per heavy atom. The Kier molecular flexibility index (Phi) is 7.17. The standard InChI is InChI=1S/C21H31N5O2/c1-4-5-17(3)22-19(27)14-25-10-12-26(13-11-25)15-20-23-21(24-28-20)18-8-6-16(2)7-9-18/h6-9,17H,4-5,10-15H2,1-3H3,(H,22,27). The van der Waals surface area contributed by atoms with Crippen LogP contribution in [0, 0.1) is 6.92 Å². The summed E-state index contributed by atoms with van der Waals surface area (Å²) in [5, 5.41) is 7.18. The lowest BCUT2D eigenvalue weighted by molar-refractivity contribution is -0.123. The van der Waals surface area contributed by atoms with Crippen LogP contribution in [0.3, 0.4) is 0 Å². The summed E-state index contributed by atoms with van der Waals surface area (Å²) in [5.41, 5.74) is 2.17. The van der Waals surface area contributed by atoms with Gasteiger partial charge in [0, 0.05) is 37.8 Å². The van der Waals surface area contributed by atoms with Crippen molar-refractivity contribution < 1.29 is 9.32 Å². The Bertz CT molecular complexity index is 750. The smallest absolute Gasteiger partial charge is 0.241 e. The number of hydrogen-bond acceptors (Lipinski definition) is 6. The maximum atomic E-state index is 12.1. The number of aryl methyl sites for hydroxylation is 1. The molecule has 1 saturated heterocycles. The van der Waals surface area contributed by atoms with Crippen LogP contribution in [0.25, 0.3) is 11.4 Å². The quantitative estimate of drug-likeness (QED) is 0.752. The number of piperazine rings is 1. The molecule has 1 aromatic carbocycles. The van der Waals surface area contributed by atoms with Gasteiger partial charge in [0.15, 0.2) is 0 Å². The number of aromatic nitrogens is 2. The van der Waals surface area contributed by atoms with E-state index in [-0.39, 0.29) is 11.9 Å². The van der Waals surface area contributed by atoms with Gasteiger partial charge in [-0.1, -0.05) is 48.3 Å². The van der Waals surface area contributed by atoms with Gasteiger partial charge in [-0.2, -0.15) is 4.98 Å². The topological polar surface area (TPSA) is 74.5 Å². The lowest BCUT2D eigenvalue weighted by Gasteiger charge is -2.33. The molecule has 152 valence electrons. The molecule has 0 saturated carbocycles. The van der Waals surface area contributed by atoms with Crippen LogP contribution < -0.4 is 5.32 Å². The largest absolute Gasteiger partial charge is 0.353 e.